The second kappa shape index (κ2) is 15.4. The van der Waals surface area contributed by atoms with Crippen LogP contribution in [-0.2, 0) is 30.2 Å². The van der Waals surface area contributed by atoms with Gasteiger partial charge in [-0.15, -0.1) is 0 Å². The van der Waals surface area contributed by atoms with Crippen LogP contribution in [0.2, 0.25) is 0 Å². The molecule has 0 atom stereocenters. The average molecular weight is 305 g/mol. The second-order valence-corrected chi connectivity index (χ2v) is 3.37. The fourth-order valence-electron chi connectivity index (χ4n) is 0.940. The van der Waals surface area contributed by atoms with Crippen LogP contribution in [0, 0.1) is 2.59 Å². The van der Waals surface area contributed by atoms with Gasteiger partial charge < -0.3 is 0 Å². The Morgan fingerprint density at radius 2 is 1.76 bits per heavy atom. The van der Waals surface area contributed by atoms with E-state index in [9.17, 15) is 0 Å². The number of allylic oxidation sites excluding steroid dienone is 3. The number of benzene rings is 1. The number of anilines is 1. The summed E-state index contributed by atoms with van der Waals surface area (Å²) in [5.74, 6) is 0. The summed E-state index contributed by atoms with van der Waals surface area (Å²) in [5.41, 5.74) is 7.55. The standard InChI is InChI=1S/C11H10N.2C2H6.Y/c1-2-3-4-6-10-7-5-8-11(12)9-10;2*1-2;/h2-9H,12H2;2*1-2H3;/b3-2+,6-4-;;;. The van der Waals surface area contributed by atoms with Crippen molar-refractivity contribution in [1.82, 2.24) is 0 Å². The van der Waals surface area contributed by atoms with Crippen molar-refractivity contribution in [3.05, 3.63) is 48.1 Å². The Kier molecular flexibility index (Phi) is 17.0. The third kappa shape index (κ3) is 11.6. The van der Waals surface area contributed by atoms with E-state index in [2.05, 4.69) is 2.59 Å². The van der Waals surface area contributed by atoms with E-state index in [1.807, 2.05) is 76.3 Å². The topological polar surface area (TPSA) is 26.0 Å². The molecule has 0 amide bonds. The van der Waals surface area contributed by atoms with Crippen molar-refractivity contribution < 1.29 is 30.2 Å². The van der Waals surface area contributed by atoms with E-state index >= 15 is 0 Å². The third-order valence-electron chi connectivity index (χ3n) is 1.50. The summed E-state index contributed by atoms with van der Waals surface area (Å²) in [5, 5.41) is 0. The zero-order chi connectivity index (χ0) is 13.5. The summed E-state index contributed by atoms with van der Waals surface area (Å²) < 4.78 is 3.04. The van der Waals surface area contributed by atoms with Crippen LogP contribution in [0.1, 0.15) is 33.3 Å². The summed E-state index contributed by atoms with van der Waals surface area (Å²) in [6.07, 6.45) is 7.89. The number of nitrogens with two attached hydrogens (primary N) is 1. The number of hydrogen-bond acceptors (Lipinski definition) is 1. The molecule has 0 fully saturated rings. The molecule has 17 heavy (non-hydrogen) atoms. The minimum absolute atomic E-state index is 0.798. The molecule has 0 heterocycles. The molecule has 0 aliphatic heterocycles. The van der Waals surface area contributed by atoms with Gasteiger partial charge in [-0.05, 0) is 0 Å². The maximum absolute atomic E-state index is 5.63. The molecule has 1 nitrogen and oxygen atoms in total. The van der Waals surface area contributed by atoms with Crippen LogP contribution in [0.3, 0.4) is 0 Å². The Balaban J connectivity index is 0. The molecular weight excluding hydrogens is 283 g/mol. The van der Waals surface area contributed by atoms with Gasteiger partial charge in [0.2, 0.25) is 0 Å². The fraction of sp³-hybridized carbons (Fsp3) is 0.267. The predicted octanol–water partition coefficient (Wildman–Crippen LogP) is 4.40. The van der Waals surface area contributed by atoms with Crippen molar-refractivity contribution in [1.29, 1.82) is 0 Å². The Labute approximate surface area is 125 Å². The third-order valence-corrected chi connectivity index (χ3v) is 1.98. The molecule has 0 aromatic heterocycles. The maximum atomic E-state index is 5.63. The quantitative estimate of drug-likeness (QED) is 0.636. The molecule has 0 bridgehead atoms. The first-order chi connectivity index (χ1) is 8.33. The Bertz CT molecular complexity index is 373. The van der Waals surface area contributed by atoms with Crippen molar-refractivity contribution in [2.24, 2.45) is 0 Å². The Hall–Kier alpha value is -0.616. The molecule has 1 rings (SSSR count). The Morgan fingerprint density at radius 1 is 1.12 bits per heavy atom. The molecule has 1 aromatic rings. The van der Waals surface area contributed by atoms with Gasteiger partial charge in [0.25, 0.3) is 0 Å². The van der Waals surface area contributed by atoms with Crippen LogP contribution < -0.4 is 5.73 Å². The summed E-state index contributed by atoms with van der Waals surface area (Å²) in [4.78, 5) is 0. The molecule has 0 spiro atoms. The van der Waals surface area contributed by atoms with Crippen molar-refractivity contribution in [3.8, 4) is 2.59 Å². The predicted molar refractivity (Wildman–Crippen MR) is 75.6 cm³/mol. The number of nitrogen functional groups attached to an aromatic ring is 1. The van der Waals surface area contributed by atoms with Gasteiger partial charge in [0, 0.05) is 0 Å². The molecule has 0 aliphatic carbocycles. The molecule has 0 aliphatic rings. The van der Waals surface area contributed by atoms with Gasteiger partial charge in [-0.2, -0.15) is 0 Å². The van der Waals surface area contributed by atoms with Crippen LogP contribution in [-0.4, -0.2) is 0 Å². The Morgan fingerprint density at radius 3 is 2.29 bits per heavy atom. The molecule has 2 N–H and O–H groups in total. The molecule has 90 valence electrons. The zero-order valence-electron chi connectivity index (χ0n) is 11.3. The first-order valence-corrected chi connectivity index (χ1v) is 7.40. The van der Waals surface area contributed by atoms with Gasteiger partial charge in [-0.1, -0.05) is 27.7 Å². The molecule has 0 saturated carbocycles. The normalized spacial score (nSPS) is 9.06. The minimum atomic E-state index is 0.798. The van der Waals surface area contributed by atoms with Gasteiger partial charge in [-0.25, -0.2) is 0 Å². The van der Waals surface area contributed by atoms with E-state index in [1.165, 1.54) is 0 Å². The second-order valence-electron chi connectivity index (χ2n) is 2.56. The van der Waals surface area contributed by atoms with Crippen molar-refractivity contribution in [2.45, 2.75) is 27.7 Å². The van der Waals surface area contributed by atoms with Gasteiger partial charge in [0.1, 0.15) is 0 Å². The summed E-state index contributed by atoms with van der Waals surface area (Å²) in [6.45, 7) is 8.00. The monoisotopic (exact) mass is 305 g/mol. The van der Waals surface area contributed by atoms with Crippen LogP contribution >= 0.6 is 0 Å². The first-order valence-electron chi connectivity index (χ1n) is 5.98. The van der Waals surface area contributed by atoms with Crippen LogP contribution in [0.15, 0.2) is 42.5 Å². The zero-order valence-corrected chi connectivity index (χ0v) is 14.1. The van der Waals surface area contributed by atoms with E-state index in [0.29, 0.717) is 0 Å². The van der Waals surface area contributed by atoms with E-state index in [4.69, 9.17) is 5.73 Å². The van der Waals surface area contributed by atoms with Crippen LogP contribution in [0.5, 0.6) is 0 Å². The SMILES string of the molecule is CC.CC.Nc1cccc(/C=C\C=C\[C]#[Y])c1. The first kappa shape index (κ1) is 18.7. The van der Waals surface area contributed by atoms with E-state index in [0.717, 1.165) is 41.5 Å². The van der Waals surface area contributed by atoms with Gasteiger partial charge in [0.15, 0.2) is 0 Å². The van der Waals surface area contributed by atoms with E-state index < -0.39 is 0 Å². The van der Waals surface area contributed by atoms with Gasteiger partial charge in [-0.3, -0.25) is 0 Å². The van der Waals surface area contributed by atoms with E-state index in [1.54, 1.807) is 0 Å². The molecule has 0 radical (unpaired) electrons. The molecule has 1 aromatic carbocycles. The summed E-state index contributed by atoms with van der Waals surface area (Å²) >= 11 is 1.04. The molecule has 0 saturated heterocycles. The summed E-state index contributed by atoms with van der Waals surface area (Å²) in [6, 6.07) is 7.79. The fourth-order valence-corrected chi connectivity index (χ4v) is 1.21. The number of rotatable bonds is 2. The van der Waals surface area contributed by atoms with Crippen molar-refractivity contribution in [3.63, 3.8) is 0 Å². The molecule has 0 unspecified atom stereocenters. The van der Waals surface area contributed by atoms with Crippen molar-refractivity contribution in [2.75, 3.05) is 5.73 Å². The van der Waals surface area contributed by atoms with E-state index in [-0.39, 0.29) is 0 Å². The summed E-state index contributed by atoms with van der Waals surface area (Å²) in [7, 11) is 0. The van der Waals surface area contributed by atoms with Crippen molar-refractivity contribution >= 4 is 11.8 Å². The van der Waals surface area contributed by atoms with Crippen LogP contribution in [0.25, 0.3) is 6.08 Å². The van der Waals surface area contributed by atoms with Gasteiger partial charge >= 0.3 is 98.4 Å². The molecule has 2 heteroatoms. The van der Waals surface area contributed by atoms with Gasteiger partial charge in [0.05, 0.1) is 0 Å². The average Bonchev–Trinajstić information content (AvgIpc) is 2.40. The number of hydrogen-bond donors (Lipinski definition) is 1. The van der Waals surface area contributed by atoms with Crippen LogP contribution in [0.4, 0.5) is 5.69 Å². The molecular formula is C15H22NY.